The highest BCUT2D eigenvalue weighted by Crippen LogP contribution is 2.37. The topological polar surface area (TPSA) is 26.0 Å². The predicted molar refractivity (Wildman–Crippen MR) is 69.6 cm³/mol. The fraction of sp³-hybridized carbons (Fsp3) is 0.600. The van der Waals surface area contributed by atoms with Gasteiger partial charge in [-0.3, -0.25) is 0 Å². The van der Waals surface area contributed by atoms with Crippen LogP contribution in [0.4, 0.5) is 0 Å². The normalized spacial score (nSPS) is 18.9. The lowest BCUT2D eigenvalue weighted by molar-refractivity contribution is 0.438. The zero-order chi connectivity index (χ0) is 11.4. The van der Waals surface area contributed by atoms with Crippen LogP contribution in [0.1, 0.15) is 49.7 Å². The first kappa shape index (κ1) is 11.7. The van der Waals surface area contributed by atoms with Crippen LogP contribution in [0.25, 0.3) is 0 Å². The third kappa shape index (κ3) is 2.30. The van der Waals surface area contributed by atoms with Crippen molar-refractivity contribution < 1.29 is 0 Å². The molecule has 16 heavy (non-hydrogen) atoms. The molecule has 0 heterocycles. The van der Waals surface area contributed by atoms with Crippen molar-refractivity contribution in [1.29, 1.82) is 0 Å². The first-order valence-corrected chi connectivity index (χ1v) is 6.64. The molecule has 1 aromatic rings. The molecule has 2 rings (SSSR count). The molecule has 0 aliphatic heterocycles. The number of hydrogen-bond donors (Lipinski definition) is 1. The zero-order valence-electron chi connectivity index (χ0n) is 10.3. The van der Waals surface area contributed by atoms with E-state index in [0.29, 0.717) is 5.92 Å². The van der Waals surface area contributed by atoms with Crippen LogP contribution in [0.2, 0.25) is 0 Å². The Morgan fingerprint density at radius 2 is 1.94 bits per heavy atom. The van der Waals surface area contributed by atoms with Gasteiger partial charge in [0.05, 0.1) is 0 Å². The second kappa shape index (κ2) is 5.49. The molecule has 0 bridgehead atoms. The van der Waals surface area contributed by atoms with Crippen LogP contribution in [0.15, 0.2) is 24.3 Å². The van der Waals surface area contributed by atoms with Gasteiger partial charge < -0.3 is 5.73 Å². The summed E-state index contributed by atoms with van der Waals surface area (Å²) in [4.78, 5) is 0. The van der Waals surface area contributed by atoms with Crippen LogP contribution >= 0.6 is 0 Å². The molecule has 1 saturated carbocycles. The molecule has 0 spiro atoms. The smallest absolute Gasteiger partial charge is 0.000546 e. The first-order valence-electron chi connectivity index (χ1n) is 6.64. The molecule has 0 saturated heterocycles. The summed E-state index contributed by atoms with van der Waals surface area (Å²) in [5.41, 5.74) is 9.01. The maximum atomic E-state index is 6.01. The van der Waals surface area contributed by atoms with E-state index >= 15 is 0 Å². The minimum absolute atomic E-state index is 0.596. The van der Waals surface area contributed by atoms with Crippen LogP contribution in [0.5, 0.6) is 0 Å². The van der Waals surface area contributed by atoms with Crippen molar-refractivity contribution in [3.63, 3.8) is 0 Å². The van der Waals surface area contributed by atoms with Gasteiger partial charge in [-0.25, -0.2) is 0 Å². The molecule has 0 aromatic heterocycles. The number of rotatable bonds is 4. The summed E-state index contributed by atoms with van der Waals surface area (Å²) in [7, 11) is 0. The van der Waals surface area contributed by atoms with Crippen LogP contribution < -0.4 is 5.73 Å². The quantitative estimate of drug-likeness (QED) is 0.821. The van der Waals surface area contributed by atoms with Crippen molar-refractivity contribution >= 4 is 0 Å². The number of benzene rings is 1. The monoisotopic (exact) mass is 217 g/mol. The Morgan fingerprint density at radius 3 is 2.56 bits per heavy atom. The van der Waals surface area contributed by atoms with Crippen molar-refractivity contribution in [3.05, 3.63) is 35.4 Å². The highest BCUT2D eigenvalue weighted by molar-refractivity contribution is 5.31. The molecule has 1 aliphatic rings. The zero-order valence-corrected chi connectivity index (χ0v) is 10.3. The third-order valence-electron chi connectivity index (χ3n) is 4.06. The van der Waals surface area contributed by atoms with Crippen molar-refractivity contribution in [2.45, 2.75) is 44.9 Å². The van der Waals surface area contributed by atoms with Crippen LogP contribution in [-0.4, -0.2) is 6.54 Å². The van der Waals surface area contributed by atoms with E-state index in [4.69, 9.17) is 5.73 Å². The van der Waals surface area contributed by atoms with Gasteiger partial charge in [0.2, 0.25) is 0 Å². The van der Waals surface area contributed by atoms with E-state index < -0.39 is 0 Å². The summed E-state index contributed by atoms with van der Waals surface area (Å²) in [6, 6.07) is 8.85. The third-order valence-corrected chi connectivity index (χ3v) is 4.06. The lowest BCUT2D eigenvalue weighted by Crippen LogP contribution is -2.21. The summed E-state index contributed by atoms with van der Waals surface area (Å²) in [6.45, 7) is 3.04. The van der Waals surface area contributed by atoms with Crippen molar-refractivity contribution in [2.24, 2.45) is 11.7 Å². The summed E-state index contributed by atoms with van der Waals surface area (Å²) >= 11 is 0. The highest BCUT2D eigenvalue weighted by Gasteiger charge is 2.26. The fourth-order valence-electron chi connectivity index (χ4n) is 3.15. The highest BCUT2D eigenvalue weighted by atomic mass is 14.6. The molecular weight excluding hydrogens is 194 g/mol. The standard InChI is InChI=1S/C15H23N/c1-2-12-7-5-6-10-14(12)15(11-16)13-8-3-4-9-13/h5-7,10,13,15H,2-4,8-9,11,16H2,1H3. The van der Waals surface area contributed by atoms with Gasteiger partial charge in [-0.1, -0.05) is 44.0 Å². The van der Waals surface area contributed by atoms with Gasteiger partial charge >= 0.3 is 0 Å². The molecule has 88 valence electrons. The molecule has 1 heteroatoms. The number of nitrogens with two attached hydrogens (primary N) is 1. The SMILES string of the molecule is CCc1ccccc1C(CN)C1CCCC1. The molecule has 0 radical (unpaired) electrons. The summed E-state index contributed by atoms with van der Waals surface area (Å²) in [5, 5.41) is 0. The van der Waals surface area contributed by atoms with Crippen LogP contribution in [-0.2, 0) is 6.42 Å². The molecular formula is C15H23N. The van der Waals surface area contributed by atoms with Gasteiger partial charge in [-0.05, 0) is 48.8 Å². The molecule has 1 unspecified atom stereocenters. The summed E-state index contributed by atoms with van der Waals surface area (Å²) in [5.74, 6) is 1.43. The number of aryl methyl sites for hydroxylation is 1. The minimum Gasteiger partial charge on any atom is -0.330 e. The summed E-state index contributed by atoms with van der Waals surface area (Å²) < 4.78 is 0. The fourth-order valence-corrected chi connectivity index (χ4v) is 3.15. The lowest BCUT2D eigenvalue weighted by Gasteiger charge is -2.24. The van der Waals surface area contributed by atoms with Crippen LogP contribution in [0.3, 0.4) is 0 Å². The van der Waals surface area contributed by atoms with Gasteiger partial charge in [0, 0.05) is 0 Å². The van der Waals surface area contributed by atoms with Gasteiger partial charge in [0.25, 0.3) is 0 Å². The van der Waals surface area contributed by atoms with Gasteiger partial charge in [0.15, 0.2) is 0 Å². The largest absolute Gasteiger partial charge is 0.330 e. The van der Waals surface area contributed by atoms with E-state index in [1.54, 1.807) is 0 Å². The molecule has 1 atom stereocenters. The molecule has 1 aromatic carbocycles. The molecule has 2 N–H and O–H groups in total. The Labute approximate surface area is 99.0 Å². The Hall–Kier alpha value is -0.820. The Bertz CT molecular complexity index is 326. The van der Waals surface area contributed by atoms with E-state index in [1.165, 1.54) is 36.8 Å². The van der Waals surface area contributed by atoms with Crippen LogP contribution in [0, 0.1) is 5.92 Å². The van der Waals surface area contributed by atoms with E-state index in [9.17, 15) is 0 Å². The number of hydrogen-bond acceptors (Lipinski definition) is 1. The van der Waals surface area contributed by atoms with Gasteiger partial charge in [0.1, 0.15) is 0 Å². The van der Waals surface area contributed by atoms with Gasteiger partial charge in [-0.15, -0.1) is 0 Å². The molecule has 0 amide bonds. The van der Waals surface area contributed by atoms with Crippen molar-refractivity contribution in [3.8, 4) is 0 Å². The Kier molecular flexibility index (Phi) is 4.00. The minimum atomic E-state index is 0.596. The summed E-state index contributed by atoms with van der Waals surface area (Å²) in [6.07, 6.45) is 6.67. The Balaban J connectivity index is 2.24. The van der Waals surface area contributed by atoms with E-state index in [2.05, 4.69) is 31.2 Å². The second-order valence-corrected chi connectivity index (χ2v) is 4.94. The lowest BCUT2D eigenvalue weighted by atomic mass is 9.82. The van der Waals surface area contributed by atoms with Crippen molar-refractivity contribution in [1.82, 2.24) is 0 Å². The molecule has 1 nitrogen and oxygen atoms in total. The van der Waals surface area contributed by atoms with E-state index in [0.717, 1.165) is 18.9 Å². The second-order valence-electron chi connectivity index (χ2n) is 4.94. The predicted octanol–water partition coefficient (Wildman–Crippen LogP) is 3.48. The average molecular weight is 217 g/mol. The maximum absolute atomic E-state index is 6.01. The van der Waals surface area contributed by atoms with E-state index in [1.807, 2.05) is 0 Å². The van der Waals surface area contributed by atoms with Crippen molar-refractivity contribution in [2.75, 3.05) is 6.54 Å². The van der Waals surface area contributed by atoms with Gasteiger partial charge in [-0.2, -0.15) is 0 Å². The Morgan fingerprint density at radius 1 is 1.25 bits per heavy atom. The molecule has 1 aliphatic carbocycles. The maximum Gasteiger partial charge on any atom is -0.000546 e. The van der Waals surface area contributed by atoms with E-state index in [-0.39, 0.29) is 0 Å². The molecule has 1 fully saturated rings. The average Bonchev–Trinajstić information content (AvgIpc) is 2.84. The first-order chi connectivity index (χ1) is 7.86.